The van der Waals surface area contributed by atoms with Crippen LogP contribution >= 0.6 is 0 Å². The highest BCUT2D eigenvalue weighted by Crippen LogP contribution is 2.27. The Kier molecular flexibility index (Phi) is 7.56. The molecule has 0 radical (unpaired) electrons. The van der Waals surface area contributed by atoms with Crippen molar-refractivity contribution in [2.45, 2.75) is 32.1 Å². The Morgan fingerprint density at radius 2 is 1.86 bits per heavy atom. The Morgan fingerprint density at radius 3 is 2.50 bits per heavy atom. The van der Waals surface area contributed by atoms with E-state index in [0.29, 0.717) is 18.5 Å². The number of hydrogen-bond acceptors (Lipinski definition) is 2. The minimum Gasteiger partial charge on any atom is -0.363 e. The van der Waals surface area contributed by atoms with Crippen LogP contribution in [0.5, 0.6) is 0 Å². The average Bonchev–Trinajstić information content (AvgIpc) is 2.66. The molecule has 0 amide bonds. The zero-order valence-corrected chi connectivity index (χ0v) is 16.6. The van der Waals surface area contributed by atoms with Crippen LogP contribution in [0.2, 0.25) is 0 Å². The summed E-state index contributed by atoms with van der Waals surface area (Å²) in [7, 11) is 1.99. The van der Waals surface area contributed by atoms with Gasteiger partial charge in [0.15, 0.2) is 0 Å². The number of alkyl halides is 2. The minimum absolute atomic E-state index is 0.107. The molecule has 0 spiro atoms. The molecule has 2 aromatic carbocycles. The molecule has 1 N–H and O–H groups in total. The van der Waals surface area contributed by atoms with Gasteiger partial charge in [0.1, 0.15) is 0 Å². The Bertz CT molecular complexity index is 820. The van der Waals surface area contributed by atoms with E-state index in [2.05, 4.69) is 29.4 Å². The molecule has 0 aliphatic heterocycles. The summed E-state index contributed by atoms with van der Waals surface area (Å²) in [6.07, 6.45) is 4.49. The second kappa shape index (κ2) is 9.88. The van der Waals surface area contributed by atoms with Gasteiger partial charge in [0.2, 0.25) is 5.92 Å². The topological polar surface area (TPSA) is 15.3 Å². The van der Waals surface area contributed by atoms with Gasteiger partial charge in [-0.3, -0.25) is 0 Å². The monoisotopic (exact) mass is 382 g/mol. The number of para-hydroxylation sites is 1. The first-order valence-corrected chi connectivity index (χ1v) is 9.34. The number of nitrogens with one attached hydrogen (secondary N) is 1. The third-order valence-electron chi connectivity index (χ3n) is 4.41. The summed E-state index contributed by atoms with van der Waals surface area (Å²) in [5.41, 5.74) is 4.74. The van der Waals surface area contributed by atoms with E-state index in [1.165, 1.54) is 0 Å². The SMILES string of the molecule is C=CNC(=C)/C=C(/c1cccc(CCCC(C)(F)F)c1)N(C)c1ccccc1. The molecule has 0 unspecified atom stereocenters. The van der Waals surface area contributed by atoms with Gasteiger partial charge in [-0.15, -0.1) is 0 Å². The van der Waals surface area contributed by atoms with Gasteiger partial charge in [-0.1, -0.05) is 49.6 Å². The fourth-order valence-corrected chi connectivity index (χ4v) is 2.99. The highest BCUT2D eigenvalue weighted by Gasteiger charge is 2.20. The van der Waals surface area contributed by atoms with Crippen LogP contribution in [0.3, 0.4) is 0 Å². The number of benzene rings is 2. The maximum Gasteiger partial charge on any atom is 0.245 e. The van der Waals surface area contributed by atoms with Crippen LogP contribution in [0.1, 0.15) is 30.9 Å². The molecule has 2 nitrogen and oxygen atoms in total. The van der Waals surface area contributed by atoms with Crippen molar-refractivity contribution in [1.82, 2.24) is 5.32 Å². The van der Waals surface area contributed by atoms with Gasteiger partial charge < -0.3 is 10.2 Å². The van der Waals surface area contributed by atoms with Gasteiger partial charge in [0.05, 0.1) is 5.70 Å². The molecular formula is C24H28F2N2. The first-order chi connectivity index (χ1) is 13.3. The largest absolute Gasteiger partial charge is 0.363 e. The molecule has 0 bridgehead atoms. The molecule has 0 atom stereocenters. The summed E-state index contributed by atoms with van der Waals surface area (Å²) in [5, 5.41) is 3.00. The van der Waals surface area contributed by atoms with Crippen molar-refractivity contribution in [3.05, 3.63) is 96.9 Å². The second-order valence-electron chi connectivity index (χ2n) is 6.92. The van der Waals surface area contributed by atoms with Gasteiger partial charge >= 0.3 is 0 Å². The lowest BCUT2D eigenvalue weighted by molar-refractivity contribution is 0.0111. The summed E-state index contributed by atoms with van der Waals surface area (Å²) in [5.74, 6) is -2.62. The van der Waals surface area contributed by atoms with Crippen LogP contribution in [-0.4, -0.2) is 13.0 Å². The Balaban J connectivity index is 2.31. The molecule has 148 valence electrons. The number of halogens is 2. The van der Waals surface area contributed by atoms with E-state index in [0.717, 1.165) is 29.4 Å². The van der Waals surface area contributed by atoms with Crippen molar-refractivity contribution in [1.29, 1.82) is 0 Å². The van der Waals surface area contributed by atoms with Crippen molar-refractivity contribution in [2.24, 2.45) is 0 Å². The molecule has 28 heavy (non-hydrogen) atoms. The average molecular weight is 382 g/mol. The van der Waals surface area contributed by atoms with E-state index in [1.54, 1.807) is 6.20 Å². The lowest BCUT2D eigenvalue weighted by atomic mass is 10.0. The smallest absolute Gasteiger partial charge is 0.245 e. The summed E-state index contributed by atoms with van der Waals surface area (Å²) in [6.45, 7) is 8.66. The fourth-order valence-electron chi connectivity index (χ4n) is 2.99. The van der Waals surface area contributed by atoms with Crippen LogP contribution in [0, 0.1) is 0 Å². The molecule has 0 saturated carbocycles. The highest BCUT2D eigenvalue weighted by molar-refractivity contribution is 5.80. The molecule has 4 heteroatoms. The molecule has 0 aliphatic rings. The van der Waals surface area contributed by atoms with Crippen LogP contribution in [0.25, 0.3) is 5.70 Å². The van der Waals surface area contributed by atoms with Crippen LogP contribution in [-0.2, 0) is 6.42 Å². The third kappa shape index (κ3) is 6.69. The minimum atomic E-state index is -2.62. The summed E-state index contributed by atoms with van der Waals surface area (Å²) in [6, 6.07) is 18.0. The van der Waals surface area contributed by atoms with Gasteiger partial charge in [0.25, 0.3) is 0 Å². The second-order valence-corrected chi connectivity index (χ2v) is 6.92. The van der Waals surface area contributed by atoms with Crippen molar-refractivity contribution in [2.75, 3.05) is 11.9 Å². The van der Waals surface area contributed by atoms with E-state index in [4.69, 9.17) is 0 Å². The summed E-state index contributed by atoms with van der Waals surface area (Å²) in [4.78, 5) is 2.08. The molecule has 0 saturated heterocycles. The third-order valence-corrected chi connectivity index (χ3v) is 4.41. The van der Waals surface area contributed by atoms with Crippen LogP contribution in [0.4, 0.5) is 14.5 Å². The number of anilines is 1. The predicted octanol–water partition coefficient (Wildman–Crippen LogP) is 6.39. The lowest BCUT2D eigenvalue weighted by Gasteiger charge is -2.24. The van der Waals surface area contributed by atoms with Crippen molar-refractivity contribution >= 4 is 11.4 Å². The molecule has 0 fully saturated rings. The number of rotatable bonds is 10. The molecule has 0 aromatic heterocycles. The van der Waals surface area contributed by atoms with Crippen molar-refractivity contribution < 1.29 is 8.78 Å². The zero-order valence-electron chi connectivity index (χ0n) is 16.6. The van der Waals surface area contributed by atoms with E-state index in [1.807, 2.05) is 61.7 Å². The Morgan fingerprint density at radius 1 is 1.14 bits per heavy atom. The highest BCUT2D eigenvalue weighted by atomic mass is 19.3. The first-order valence-electron chi connectivity index (χ1n) is 9.34. The molecule has 2 rings (SSSR count). The van der Waals surface area contributed by atoms with Crippen LogP contribution < -0.4 is 10.2 Å². The van der Waals surface area contributed by atoms with E-state index in [-0.39, 0.29) is 6.42 Å². The number of aryl methyl sites for hydroxylation is 1. The molecule has 2 aromatic rings. The van der Waals surface area contributed by atoms with E-state index >= 15 is 0 Å². The Labute approximate surface area is 166 Å². The number of allylic oxidation sites excluding steroid dienone is 1. The van der Waals surface area contributed by atoms with Crippen LogP contribution in [0.15, 0.2) is 85.7 Å². The molecular weight excluding hydrogens is 354 g/mol. The number of nitrogens with zero attached hydrogens (tertiary/aromatic N) is 1. The number of hydrogen-bond donors (Lipinski definition) is 1. The summed E-state index contributed by atoms with van der Waals surface area (Å²) >= 11 is 0. The molecule has 0 aliphatic carbocycles. The lowest BCUT2D eigenvalue weighted by Crippen LogP contribution is -2.17. The van der Waals surface area contributed by atoms with Gasteiger partial charge in [-0.05, 0) is 61.4 Å². The Hall–Kier alpha value is -2.88. The first kappa shape index (κ1) is 21.4. The molecule has 0 heterocycles. The predicted molar refractivity (Wildman–Crippen MR) is 115 cm³/mol. The van der Waals surface area contributed by atoms with E-state index in [9.17, 15) is 8.78 Å². The summed E-state index contributed by atoms with van der Waals surface area (Å²) < 4.78 is 26.2. The van der Waals surface area contributed by atoms with Gasteiger partial charge in [-0.25, -0.2) is 8.78 Å². The maximum absolute atomic E-state index is 13.1. The van der Waals surface area contributed by atoms with Crippen molar-refractivity contribution in [3.8, 4) is 0 Å². The normalized spacial score (nSPS) is 11.8. The standard InChI is InChI=1S/C24H28F2N2/c1-5-27-19(2)17-23(28(4)22-14-7-6-8-15-22)21-13-9-11-20(18-21)12-10-16-24(3,25)26/h5-9,11,13-15,17-18,27H,1-2,10,12,16H2,3-4H3/b23-17-. The maximum atomic E-state index is 13.1. The van der Waals surface area contributed by atoms with Crippen molar-refractivity contribution in [3.63, 3.8) is 0 Å². The quantitative estimate of drug-likeness (QED) is 0.479. The zero-order chi connectivity index (χ0) is 20.6. The van der Waals surface area contributed by atoms with Gasteiger partial charge in [0, 0.05) is 24.9 Å². The van der Waals surface area contributed by atoms with E-state index < -0.39 is 5.92 Å². The fraction of sp³-hybridized carbons (Fsp3) is 0.250. The van der Waals surface area contributed by atoms with Gasteiger partial charge in [-0.2, -0.15) is 0 Å².